The van der Waals surface area contributed by atoms with Crippen molar-refractivity contribution in [2.24, 2.45) is 5.73 Å². The van der Waals surface area contributed by atoms with Crippen LogP contribution in [-0.4, -0.2) is 15.9 Å². The quantitative estimate of drug-likeness (QED) is 0.802. The standard InChI is InChI=1S/C15H11N3OS/c16-15(19)13-12(10-1-5-17-6-2-10)9-20-14(13)11-3-7-18-8-4-11/h1-9H,(H2,16,19). The van der Waals surface area contributed by atoms with Gasteiger partial charge in [0.25, 0.3) is 5.91 Å². The van der Waals surface area contributed by atoms with Gasteiger partial charge in [-0.1, -0.05) is 0 Å². The maximum atomic E-state index is 11.8. The molecular weight excluding hydrogens is 270 g/mol. The second-order valence-electron chi connectivity index (χ2n) is 4.19. The molecule has 0 aliphatic rings. The first kappa shape index (κ1) is 12.5. The highest BCUT2D eigenvalue weighted by Gasteiger charge is 2.18. The van der Waals surface area contributed by atoms with Gasteiger partial charge in [-0.25, -0.2) is 0 Å². The van der Waals surface area contributed by atoms with Crippen LogP contribution in [0.5, 0.6) is 0 Å². The van der Waals surface area contributed by atoms with Crippen LogP contribution in [0.1, 0.15) is 10.4 Å². The SMILES string of the molecule is NC(=O)c1c(-c2ccncc2)csc1-c1ccncc1. The van der Waals surface area contributed by atoms with Gasteiger partial charge < -0.3 is 5.73 Å². The zero-order chi connectivity index (χ0) is 13.9. The summed E-state index contributed by atoms with van der Waals surface area (Å²) in [5, 5.41) is 1.95. The van der Waals surface area contributed by atoms with Crippen molar-refractivity contribution in [2.75, 3.05) is 0 Å². The number of thiophene rings is 1. The van der Waals surface area contributed by atoms with Crippen molar-refractivity contribution >= 4 is 17.2 Å². The Morgan fingerprint density at radius 2 is 1.50 bits per heavy atom. The molecule has 0 atom stereocenters. The number of pyridine rings is 2. The number of aromatic nitrogens is 2. The summed E-state index contributed by atoms with van der Waals surface area (Å²) in [6.07, 6.45) is 6.80. The molecule has 0 spiro atoms. The molecular formula is C15H11N3OS. The van der Waals surface area contributed by atoms with Crippen LogP contribution in [0.4, 0.5) is 0 Å². The van der Waals surface area contributed by atoms with Crippen molar-refractivity contribution in [1.29, 1.82) is 0 Å². The van der Waals surface area contributed by atoms with Crippen LogP contribution in [0.3, 0.4) is 0 Å². The number of carbonyl (C=O) groups excluding carboxylic acids is 1. The van der Waals surface area contributed by atoms with E-state index in [0.717, 1.165) is 21.6 Å². The largest absolute Gasteiger partial charge is 0.366 e. The molecule has 4 nitrogen and oxygen atoms in total. The van der Waals surface area contributed by atoms with Crippen LogP contribution in [0.2, 0.25) is 0 Å². The monoisotopic (exact) mass is 281 g/mol. The molecule has 0 radical (unpaired) electrons. The van der Waals surface area contributed by atoms with Crippen LogP contribution in [0, 0.1) is 0 Å². The minimum Gasteiger partial charge on any atom is -0.366 e. The van der Waals surface area contributed by atoms with Crippen molar-refractivity contribution in [3.05, 3.63) is 60.0 Å². The molecule has 3 aromatic heterocycles. The number of hydrogen-bond acceptors (Lipinski definition) is 4. The van der Waals surface area contributed by atoms with E-state index in [1.54, 1.807) is 24.8 Å². The number of primary amides is 1. The molecule has 0 bridgehead atoms. The van der Waals surface area contributed by atoms with E-state index in [-0.39, 0.29) is 0 Å². The molecule has 0 saturated heterocycles. The summed E-state index contributed by atoms with van der Waals surface area (Å²) in [5.41, 5.74) is 8.84. The Balaban J connectivity index is 2.20. The van der Waals surface area contributed by atoms with Crippen molar-refractivity contribution in [3.8, 4) is 21.6 Å². The third kappa shape index (κ3) is 2.19. The van der Waals surface area contributed by atoms with Crippen LogP contribution in [0.25, 0.3) is 21.6 Å². The zero-order valence-electron chi connectivity index (χ0n) is 10.5. The topological polar surface area (TPSA) is 68.9 Å². The molecule has 3 heterocycles. The van der Waals surface area contributed by atoms with E-state index in [0.29, 0.717) is 5.56 Å². The first-order chi connectivity index (χ1) is 9.77. The molecule has 3 rings (SSSR count). The summed E-state index contributed by atoms with van der Waals surface area (Å²) in [6.45, 7) is 0. The summed E-state index contributed by atoms with van der Waals surface area (Å²) in [4.78, 5) is 20.7. The maximum Gasteiger partial charge on any atom is 0.250 e. The van der Waals surface area contributed by atoms with Crippen molar-refractivity contribution in [1.82, 2.24) is 9.97 Å². The van der Waals surface area contributed by atoms with Gasteiger partial charge in [0.1, 0.15) is 0 Å². The van der Waals surface area contributed by atoms with E-state index in [2.05, 4.69) is 9.97 Å². The van der Waals surface area contributed by atoms with Gasteiger partial charge in [-0.15, -0.1) is 11.3 Å². The molecule has 0 aromatic carbocycles. The van der Waals surface area contributed by atoms with E-state index in [9.17, 15) is 4.79 Å². The van der Waals surface area contributed by atoms with Crippen LogP contribution >= 0.6 is 11.3 Å². The van der Waals surface area contributed by atoms with Gasteiger partial charge >= 0.3 is 0 Å². The number of nitrogens with two attached hydrogens (primary N) is 1. The second kappa shape index (κ2) is 5.22. The molecule has 0 saturated carbocycles. The van der Waals surface area contributed by atoms with Crippen LogP contribution in [-0.2, 0) is 0 Å². The Bertz CT molecular complexity index is 681. The fourth-order valence-corrected chi connectivity index (χ4v) is 3.15. The lowest BCUT2D eigenvalue weighted by atomic mass is 10.0. The van der Waals surface area contributed by atoms with Crippen LogP contribution in [0.15, 0.2) is 54.4 Å². The van der Waals surface area contributed by atoms with Gasteiger partial charge in [0.2, 0.25) is 0 Å². The molecule has 0 fully saturated rings. The Morgan fingerprint density at radius 1 is 0.950 bits per heavy atom. The Labute approximate surface area is 119 Å². The third-order valence-corrected chi connectivity index (χ3v) is 4.00. The van der Waals surface area contributed by atoms with Gasteiger partial charge in [-0.2, -0.15) is 0 Å². The predicted molar refractivity (Wildman–Crippen MR) is 79.3 cm³/mol. The highest BCUT2D eigenvalue weighted by Crippen LogP contribution is 2.37. The molecule has 20 heavy (non-hydrogen) atoms. The number of rotatable bonds is 3. The van der Waals surface area contributed by atoms with Crippen molar-refractivity contribution < 1.29 is 4.79 Å². The molecule has 98 valence electrons. The molecule has 3 aromatic rings. The third-order valence-electron chi connectivity index (χ3n) is 2.97. The lowest BCUT2D eigenvalue weighted by Gasteiger charge is -2.04. The first-order valence-electron chi connectivity index (χ1n) is 5.99. The minimum atomic E-state index is -0.426. The first-order valence-corrected chi connectivity index (χ1v) is 6.87. The molecule has 5 heteroatoms. The zero-order valence-corrected chi connectivity index (χ0v) is 11.3. The predicted octanol–water partition coefficient (Wildman–Crippen LogP) is 2.97. The van der Waals surface area contributed by atoms with Gasteiger partial charge in [0.15, 0.2) is 0 Å². The second-order valence-corrected chi connectivity index (χ2v) is 5.07. The highest BCUT2D eigenvalue weighted by molar-refractivity contribution is 7.14. The number of hydrogen-bond donors (Lipinski definition) is 1. The summed E-state index contributed by atoms with van der Waals surface area (Å²) < 4.78 is 0. The number of nitrogens with zero attached hydrogens (tertiary/aromatic N) is 2. The lowest BCUT2D eigenvalue weighted by Crippen LogP contribution is -2.12. The van der Waals surface area contributed by atoms with Gasteiger partial charge in [0, 0.05) is 40.6 Å². The fraction of sp³-hybridized carbons (Fsp3) is 0. The number of carbonyl (C=O) groups is 1. The smallest absolute Gasteiger partial charge is 0.250 e. The Hall–Kier alpha value is -2.53. The van der Waals surface area contributed by atoms with E-state index in [4.69, 9.17) is 5.73 Å². The minimum absolute atomic E-state index is 0.426. The van der Waals surface area contributed by atoms with E-state index in [1.807, 2.05) is 29.6 Å². The Morgan fingerprint density at radius 3 is 2.05 bits per heavy atom. The number of amides is 1. The van der Waals surface area contributed by atoms with E-state index >= 15 is 0 Å². The molecule has 0 aliphatic carbocycles. The van der Waals surface area contributed by atoms with Gasteiger partial charge in [-0.05, 0) is 35.4 Å². The highest BCUT2D eigenvalue weighted by atomic mass is 32.1. The van der Waals surface area contributed by atoms with Gasteiger partial charge in [-0.3, -0.25) is 14.8 Å². The summed E-state index contributed by atoms with van der Waals surface area (Å²) in [7, 11) is 0. The van der Waals surface area contributed by atoms with E-state index < -0.39 is 5.91 Å². The van der Waals surface area contributed by atoms with Crippen molar-refractivity contribution in [3.63, 3.8) is 0 Å². The molecule has 2 N–H and O–H groups in total. The lowest BCUT2D eigenvalue weighted by molar-refractivity contribution is 0.100. The van der Waals surface area contributed by atoms with E-state index in [1.165, 1.54) is 11.3 Å². The summed E-state index contributed by atoms with van der Waals surface area (Å²) >= 11 is 1.50. The maximum absolute atomic E-state index is 11.8. The molecule has 0 unspecified atom stereocenters. The fourth-order valence-electron chi connectivity index (χ4n) is 2.06. The normalized spacial score (nSPS) is 10.4. The summed E-state index contributed by atoms with van der Waals surface area (Å²) in [6, 6.07) is 7.47. The Kier molecular flexibility index (Phi) is 3.26. The van der Waals surface area contributed by atoms with Gasteiger partial charge in [0.05, 0.1) is 5.56 Å². The average Bonchev–Trinajstić information content (AvgIpc) is 2.94. The van der Waals surface area contributed by atoms with Crippen LogP contribution < -0.4 is 5.73 Å². The van der Waals surface area contributed by atoms with Crippen molar-refractivity contribution in [2.45, 2.75) is 0 Å². The summed E-state index contributed by atoms with van der Waals surface area (Å²) in [5.74, 6) is -0.426. The average molecular weight is 281 g/mol. The molecule has 0 aliphatic heterocycles. The molecule has 1 amide bonds.